The van der Waals surface area contributed by atoms with Gasteiger partial charge in [0.15, 0.2) is 0 Å². The average molecular weight is 278 g/mol. The van der Waals surface area contributed by atoms with Gasteiger partial charge in [0, 0.05) is 12.7 Å². The minimum Gasteiger partial charge on any atom is -0.478 e. The summed E-state index contributed by atoms with van der Waals surface area (Å²) in [5.74, 6) is -0.268. The van der Waals surface area contributed by atoms with Crippen LogP contribution in [0, 0.1) is 0 Å². The van der Waals surface area contributed by atoms with Gasteiger partial charge in [-0.05, 0) is 18.6 Å². The van der Waals surface area contributed by atoms with Crippen LogP contribution in [-0.2, 0) is 0 Å². The SMILES string of the molecule is CCCCCCCCCCNc1cc(C(=O)O)ccn1. The molecule has 4 heteroatoms. The Morgan fingerprint density at radius 3 is 2.45 bits per heavy atom. The van der Waals surface area contributed by atoms with Gasteiger partial charge in [-0.2, -0.15) is 0 Å². The minimum absolute atomic E-state index is 0.276. The van der Waals surface area contributed by atoms with Crippen molar-refractivity contribution < 1.29 is 9.90 Å². The molecule has 0 amide bonds. The molecule has 0 atom stereocenters. The third kappa shape index (κ3) is 7.12. The lowest BCUT2D eigenvalue weighted by Gasteiger charge is -2.06. The van der Waals surface area contributed by atoms with Gasteiger partial charge < -0.3 is 10.4 Å². The summed E-state index contributed by atoms with van der Waals surface area (Å²) in [6.07, 6.45) is 11.8. The molecule has 0 aliphatic rings. The number of hydrogen-bond acceptors (Lipinski definition) is 3. The molecule has 1 aromatic heterocycles. The Hall–Kier alpha value is -1.58. The monoisotopic (exact) mass is 278 g/mol. The molecule has 1 aromatic rings. The van der Waals surface area contributed by atoms with Crippen molar-refractivity contribution in [2.45, 2.75) is 58.3 Å². The zero-order chi connectivity index (χ0) is 14.6. The molecule has 0 saturated carbocycles. The van der Waals surface area contributed by atoms with Gasteiger partial charge in [-0.15, -0.1) is 0 Å². The maximum absolute atomic E-state index is 10.8. The van der Waals surface area contributed by atoms with Crippen molar-refractivity contribution in [2.75, 3.05) is 11.9 Å². The first-order valence-corrected chi connectivity index (χ1v) is 7.67. The van der Waals surface area contributed by atoms with E-state index in [0.717, 1.165) is 13.0 Å². The van der Waals surface area contributed by atoms with Crippen molar-refractivity contribution in [3.63, 3.8) is 0 Å². The molecule has 0 aliphatic carbocycles. The molecule has 0 unspecified atom stereocenters. The highest BCUT2D eigenvalue weighted by atomic mass is 16.4. The van der Waals surface area contributed by atoms with Crippen molar-refractivity contribution in [2.24, 2.45) is 0 Å². The Balaban J connectivity index is 2.06. The van der Waals surface area contributed by atoms with Gasteiger partial charge in [-0.3, -0.25) is 0 Å². The van der Waals surface area contributed by atoms with Crippen molar-refractivity contribution in [1.29, 1.82) is 0 Å². The van der Waals surface area contributed by atoms with E-state index in [2.05, 4.69) is 17.2 Å². The van der Waals surface area contributed by atoms with Gasteiger partial charge in [0.1, 0.15) is 5.82 Å². The summed E-state index contributed by atoms with van der Waals surface area (Å²) in [5, 5.41) is 12.1. The second kappa shape index (κ2) is 10.2. The largest absolute Gasteiger partial charge is 0.478 e. The maximum atomic E-state index is 10.8. The van der Waals surface area contributed by atoms with Crippen molar-refractivity contribution >= 4 is 11.8 Å². The molecule has 1 rings (SSSR count). The highest BCUT2D eigenvalue weighted by Gasteiger charge is 2.03. The maximum Gasteiger partial charge on any atom is 0.335 e. The van der Waals surface area contributed by atoms with Crippen LogP contribution < -0.4 is 5.32 Å². The van der Waals surface area contributed by atoms with Crippen LogP contribution in [0.3, 0.4) is 0 Å². The molecule has 0 bridgehead atoms. The summed E-state index contributed by atoms with van der Waals surface area (Å²) >= 11 is 0. The third-order valence-corrected chi connectivity index (χ3v) is 3.34. The molecular formula is C16H26N2O2. The minimum atomic E-state index is -0.914. The van der Waals surface area contributed by atoms with E-state index >= 15 is 0 Å². The smallest absolute Gasteiger partial charge is 0.335 e. The lowest BCUT2D eigenvalue weighted by molar-refractivity contribution is 0.0697. The van der Waals surface area contributed by atoms with Crippen LogP contribution in [-0.4, -0.2) is 22.6 Å². The van der Waals surface area contributed by atoms with Crippen LogP contribution >= 0.6 is 0 Å². The van der Waals surface area contributed by atoms with E-state index in [9.17, 15) is 4.79 Å². The number of rotatable bonds is 11. The van der Waals surface area contributed by atoms with Crippen molar-refractivity contribution in [3.8, 4) is 0 Å². The molecule has 2 N–H and O–H groups in total. The molecule has 20 heavy (non-hydrogen) atoms. The van der Waals surface area contributed by atoms with E-state index in [0.29, 0.717) is 5.82 Å². The third-order valence-electron chi connectivity index (χ3n) is 3.34. The van der Waals surface area contributed by atoms with Crippen molar-refractivity contribution in [3.05, 3.63) is 23.9 Å². The Morgan fingerprint density at radius 2 is 1.80 bits per heavy atom. The standard InChI is InChI=1S/C16H26N2O2/c1-2-3-4-5-6-7-8-9-11-17-15-13-14(16(19)20)10-12-18-15/h10,12-13H,2-9,11H2,1H3,(H,17,18)(H,19,20). The molecule has 0 aliphatic heterocycles. The first kappa shape index (κ1) is 16.5. The van der Waals surface area contributed by atoms with Crippen molar-refractivity contribution in [1.82, 2.24) is 4.98 Å². The lowest BCUT2D eigenvalue weighted by atomic mass is 10.1. The molecular weight excluding hydrogens is 252 g/mol. The second-order valence-electron chi connectivity index (χ2n) is 5.14. The summed E-state index contributed by atoms with van der Waals surface area (Å²) in [7, 11) is 0. The number of unbranched alkanes of at least 4 members (excludes halogenated alkanes) is 7. The number of carbonyl (C=O) groups is 1. The Kier molecular flexibility index (Phi) is 8.43. The number of nitrogens with zero attached hydrogens (tertiary/aromatic N) is 1. The normalized spacial score (nSPS) is 10.4. The van der Waals surface area contributed by atoms with E-state index in [1.165, 1.54) is 57.2 Å². The Morgan fingerprint density at radius 1 is 1.15 bits per heavy atom. The zero-order valence-electron chi connectivity index (χ0n) is 12.4. The first-order chi connectivity index (χ1) is 9.74. The number of aromatic nitrogens is 1. The van der Waals surface area contributed by atoms with Crippen LogP contribution in [0.2, 0.25) is 0 Å². The van der Waals surface area contributed by atoms with Crippen LogP contribution in [0.5, 0.6) is 0 Å². The lowest BCUT2D eigenvalue weighted by Crippen LogP contribution is -2.05. The number of carboxylic acids is 1. The highest BCUT2D eigenvalue weighted by molar-refractivity contribution is 5.88. The van der Waals surface area contributed by atoms with E-state index in [1.807, 2.05) is 0 Å². The molecule has 112 valence electrons. The van der Waals surface area contributed by atoms with Crippen LogP contribution in [0.15, 0.2) is 18.3 Å². The van der Waals surface area contributed by atoms with Crippen LogP contribution in [0.1, 0.15) is 68.6 Å². The summed E-state index contributed by atoms with van der Waals surface area (Å²) in [5.41, 5.74) is 0.276. The quantitative estimate of drug-likeness (QED) is 0.591. The number of carboxylic acid groups (broad SMARTS) is 1. The number of anilines is 1. The number of aromatic carboxylic acids is 1. The van der Waals surface area contributed by atoms with Gasteiger partial charge in [0.2, 0.25) is 0 Å². The fourth-order valence-electron chi connectivity index (χ4n) is 2.14. The van der Waals surface area contributed by atoms with Crippen LogP contribution in [0.25, 0.3) is 0 Å². The molecule has 1 heterocycles. The van der Waals surface area contributed by atoms with Gasteiger partial charge in [0.05, 0.1) is 5.56 Å². The predicted octanol–water partition coefficient (Wildman–Crippen LogP) is 4.33. The Bertz CT molecular complexity index is 394. The summed E-state index contributed by atoms with van der Waals surface area (Å²) in [6, 6.07) is 3.08. The van der Waals surface area contributed by atoms with Gasteiger partial charge in [-0.1, -0.05) is 51.9 Å². The second-order valence-corrected chi connectivity index (χ2v) is 5.14. The first-order valence-electron chi connectivity index (χ1n) is 7.67. The summed E-state index contributed by atoms with van der Waals surface area (Å²) in [4.78, 5) is 14.9. The fraction of sp³-hybridized carbons (Fsp3) is 0.625. The molecule has 0 spiro atoms. The van der Waals surface area contributed by atoms with Gasteiger partial charge >= 0.3 is 5.97 Å². The topological polar surface area (TPSA) is 62.2 Å². The number of nitrogens with one attached hydrogen (secondary N) is 1. The van der Waals surface area contributed by atoms with E-state index < -0.39 is 5.97 Å². The average Bonchev–Trinajstić information content (AvgIpc) is 2.46. The molecule has 0 saturated heterocycles. The molecule has 0 aromatic carbocycles. The molecule has 0 fully saturated rings. The van der Waals surface area contributed by atoms with E-state index in [1.54, 1.807) is 6.07 Å². The van der Waals surface area contributed by atoms with Gasteiger partial charge in [-0.25, -0.2) is 9.78 Å². The number of hydrogen-bond donors (Lipinski definition) is 2. The van der Waals surface area contributed by atoms with Gasteiger partial charge in [0.25, 0.3) is 0 Å². The number of pyridine rings is 1. The summed E-state index contributed by atoms with van der Waals surface area (Å²) < 4.78 is 0. The zero-order valence-corrected chi connectivity index (χ0v) is 12.4. The fourth-order valence-corrected chi connectivity index (χ4v) is 2.14. The highest BCUT2D eigenvalue weighted by Crippen LogP contribution is 2.10. The van der Waals surface area contributed by atoms with E-state index in [4.69, 9.17) is 5.11 Å². The predicted molar refractivity (Wildman–Crippen MR) is 82.3 cm³/mol. The molecule has 0 radical (unpaired) electrons. The summed E-state index contributed by atoms with van der Waals surface area (Å²) in [6.45, 7) is 3.09. The van der Waals surface area contributed by atoms with Crippen LogP contribution in [0.4, 0.5) is 5.82 Å². The van der Waals surface area contributed by atoms with E-state index in [-0.39, 0.29) is 5.56 Å². The molecule has 4 nitrogen and oxygen atoms in total. The Labute approximate surface area is 121 Å².